The van der Waals surface area contributed by atoms with Crippen molar-refractivity contribution >= 4 is 17.3 Å². The summed E-state index contributed by atoms with van der Waals surface area (Å²) < 4.78 is 5.32. The molecule has 2 N–H and O–H groups in total. The lowest BCUT2D eigenvalue weighted by atomic mass is 9.95. The van der Waals surface area contributed by atoms with E-state index in [-0.39, 0.29) is 5.91 Å². The first kappa shape index (κ1) is 18.3. The summed E-state index contributed by atoms with van der Waals surface area (Å²) in [6.45, 7) is 1.99. The van der Waals surface area contributed by atoms with E-state index in [4.69, 9.17) is 4.74 Å². The quantitative estimate of drug-likeness (QED) is 0.775. The van der Waals surface area contributed by atoms with Gasteiger partial charge in [0.2, 0.25) is 5.91 Å². The van der Waals surface area contributed by atoms with E-state index in [2.05, 4.69) is 10.6 Å². The number of ether oxygens (including phenoxy) is 1. The Balaban J connectivity index is 1.54. The predicted octanol–water partition coefficient (Wildman–Crippen LogP) is 4.93. The minimum atomic E-state index is -0.0242. The summed E-state index contributed by atoms with van der Waals surface area (Å²) in [5, 5.41) is 6.56. The van der Waals surface area contributed by atoms with Crippen molar-refractivity contribution in [1.29, 1.82) is 0 Å². The highest BCUT2D eigenvalue weighted by molar-refractivity contribution is 5.92. The Hall–Kier alpha value is -2.49. The third-order valence-corrected chi connectivity index (χ3v) is 4.98. The van der Waals surface area contributed by atoms with Crippen LogP contribution in [0.15, 0.2) is 42.5 Å². The normalized spacial score (nSPS) is 14.7. The first-order valence-corrected chi connectivity index (χ1v) is 9.44. The molecule has 1 aliphatic carbocycles. The van der Waals surface area contributed by atoms with Crippen molar-refractivity contribution in [2.75, 3.05) is 17.7 Å². The molecule has 4 nitrogen and oxygen atoms in total. The van der Waals surface area contributed by atoms with Gasteiger partial charge in [0.1, 0.15) is 5.75 Å². The molecule has 1 fully saturated rings. The first-order valence-electron chi connectivity index (χ1n) is 9.44. The molecule has 1 amide bonds. The van der Waals surface area contributed by atoms with Crippen LogP contribution in [0.3, 0.4) is 0 Å². The van der Waals surface area contributed by atoms with Gasteiger partial charge in [-0.25, -0.2) is 0 Å². The molecule has 0 bridgehead atoms. The molecule has 0 heterocycles. The van der Waals surface area contributed by atoms with Crippen LogP contribution in [0, 0.1) is 6.92 Å². The molecule has 0 aromatic heterocycles. The van der Waals surface area contributed by atoms with Gasteiger partial charge in [-0.3, -0.25) is 4.79 Å². The highest BCUT2D eigenvalue weighted by Gasteiger charge is 2.13. The Bertz CT molecular complexity index is 734. The highest BCUT2D eigenvalue weighted by atomic mass is 16.5. The van der Waals surface area contributed by atoms with E-state index in [0.29, 0.717) is 12.5 Å². The topological polar surface area (TPSA) is 50.4 Å². The van der Waals surface area contributed by atoms with Crippen molar-refractivity contribution in [2.45, 2.75) is 51.5 Å². The number of carbonyl (C=O) groups is 1. The fourth-order valence-corrected chi connectivity index (χ4v) is 3.50. The van der Waals surface area contributed by atoms with Crippen molar-refractivity contribution in [1.82, 2.24) is 0 Å². The maximum atomic E-state index is 12.3. The monoisotopic (exact) mass is 352 g/mol. The second-order valence-electron chi connectivity index (χ2n) is 7.09. The fraction of sp³-hybridized carbons (Fsp3) is 0.409. The summed E-state index contributed by atoms with van der Waals surface area (Å²) in [5.41, 5.74) is 3.96. The number of carbonyl (C=O) groups excluding carboxylic acids is 1. The van der Waals surface area contributed by atoms with Gasteiger partial charge in [0.25, 0.3) is 0 Å². The van der Waals surface area contributed by atoms with E-state index in [1.54, 1.807) is 7.11 Å². The van der Waals surface area contributed by atoms with Crippen LogP contribution in [-0.4, -0.2) is 19.1 Å². The molecule has 0 atom stereocenters. The summed E-state index contributed by atoms with van der Waals surface area (Å²) in [5.74, 6) is 0.789. The maximum Gasteiger partial charge on any atom is 0.228 e. The van der Waals surface area contributed by atoms with Crippen LogP contribution in [0.1, 0.15) is 43.2 Å². The summed E-state index contributed by atoms with van der Waals surface area (Å²) in [4.78, 5) is 12.3. The van der Waals surface area contributed by atoms with Crippen LogP contribution in [0.25, 0.3) is 0 Å². The molecular formula is C22H28N2O2. The SMILES string of the molecule is COc1cc(CC(=O)Nc2ccc(NC3CCCCC3)cc2)ccc1C. The van der Waals surface area contributed by atoms with Crippen LogP contribution in [0.2, 0.25) is 0 Å². The summed E-state index contributed by atoms with van der Waals surface area (Å²) >= 11 is 0. The van der Waals surface area contributed by atoms with E-state index in [0.717, 1.165) is 28.3 Å². The Labute approximate surface area is 156 Å². The lowest BCUT2D eigenvalue weighted by molar-refractivity contribution is -0.115. The zero-order valence-corrected chi connectivity index (χ0v) is 15.7. The molecule has 3 rings (SSSR count). The first-order chi connectivity index (χ1) is 12.6. The van der Waals surface area contributed by atoms with Crippen LogP contribution >= 0.6 is 0 Å². The van der Waals surface area contributed by atoms with Gasteiger partial charge < -0.3 is 15.4 Å². The van der Waals surface area contributed by atoms with Gasteiger partial charge in [0, 0.05) is 17.4 Å². The van der Waals surface area contributed by atoms with Gasteiger partial charge in [0.05, 0.1) is 13.5 Å². The number of amides is 1. The molecule has 0 radical (unpaired) electrons. The number of methoxy groups -OCH3 is 1. The van der Waals surface area contributed by atoms with E-state index in [1.807, 2.05) is 49.4 Å². The van der Waals surface area contributed by atoms with Gasteiger partial charge in [-0.05, 0) is 61.2 Å². The van der Waals surface area contributed by atoms with Crippen LogP contribution in [0.4, 0.5) is 11.4 Å². The van der Waals surface area contributed by atoms with Crippen molar-refractivity contribution in [3.05, 3.63) is 53.6 Å². The molecule has 1 aliphatic rings. The third kappa shape index (κ3) is 5.01. The Kier molecular flexibility index (Phi) is 6.16. The van der Waals surface area contributed by atoms with Crippen molar-refractivity contribution < 1.29 is 9.53 Å². The minimum Gasteiger partial charge on any atom is -0.496 e. The molecule has 26 heavy (non-hydrogen) atoms. The lowest BCUT2D eigenvalue weighted by Crippen LogP contribution is -2.22. The molecule has 4 heteroatoms. The smallest absolute Gasteiger partial charge is 0.228 e. The molecule has 0 spiro atoms. The second-order valence-corrected chi connectivity index (χ2v) is 7.09. The minimum absolute atomic E-state index is 0.0242. The van der Waals surface area contributed by atoms with Crippen molar-refractivity contribution in [3.8, 4) is 5.75 Å². The molecule has 2 aromatic rings. The molecule has 0 saturated heterocycles. The van der Waals surface area contributed by atoms with Crippen LogP contribution in [-0.2, 0) is 11.2 Å². The number of benzene rings is 2. The molecular weight excluding hydrogens is 324 g/mol. The number of anilines is 2. The molecule has 1 saturated carbocycles. The fourth-order valence-electron chi connectivity index (χ4n) is 3.50. The average Bonchev–Trinajstić information content (AvgIpc) is 2.66. The van der Waals surface area contributed by atoms with Gasteiger partial charge in [-0.15, -0.1) is 0 Å². The number of hydrogen-bond acceptors (Lipinski definition) is 3. The number of nitrogens with one attached hydrogen (secondary N) is 2. The van der Waals surface area contributed by atoms with Gasteiger partial charge in [-0.1, -0.05) is 31.4 Å². The Morgan fingerprint density at radius 2 is 1.73 bits per heavy atom. The summed E-state index contributed by atoms with van der Waals surface area (Å²) in [7, 11) is 1.65. The number of rotatable bonds is 6. The van der Waals surface area contributed by atoms with E-state index >= 15 is 0 Å². The zero-order chi connectivity index (χ0) is 18.4. The van der Waals surface area contributed by atoms with Gasteiger partial charge in [-0.2, -0.15) is 0 Å². The van der Waals surface area contributed by atoms with E-state index in [9.17, 15) is 4.79 Å². The van der Waals surface area contributed by atoms with Crippen molar-refractivity contribution in [3.63, 3.8) is 0 Å². The predicted molar refractivity (Wildman–Crippen MR) is 107 cm³/mol. The number of aryl methyl sites for hydroxylation is 1. The summed E-state index contributed by atoms with van der Waals surface area (Å²) in [6, 6.07) is 14.4. The van der Waals surface area contributed by atoms with E-state index in [1.165, 1.54) is 32.1 Å². The molecule has 138 valence electrons. The maximum absolute atomic E-state index is 12.3. The Morgan fingerprint density at radius 1 is 1.04 bits per heavy atom. The molecule has 2 aromatic carbocycles. The second kappa shape index (κ2) is 8.75. The Morgan fingerprint density at radius 3 is 2.42 bits per heavy atom. The zero-order valence-electron chi connectivity index (χ0n) is 15.7. The number of hydrogen-bond donors (Lipinski definition) is 2. The molecule has 0 aliphatic heterocycles. The van der Waals surface area contributed by atoms with Crippen LogP contribution in [0.5, 0.6) is 5.75 Å². The highest BCUT2D eigenvalue weighted by Crippen LogP contribution is 2.23. The average molecular weight is 352 g/mol. The van der Waals surface area contributed by atoms with Gasteiger partial charge >= 0.3 is 0 Å². The lowest BCUT2D eigenvalue weighted by Gasteiger charge is -2.23. The third-order valence-electron chi connectivity index (χ3n) is 4.98. The van der Waals surface area contributed by atoms with Gasteiger partial charge in [0.15, 0.2) is 0 Å². The van der Waals surface area contributed by atoms with Crippen LogP contribution < -0.4 is 15.4 Å². The van der Waals surface area contributed by atoms with E-state index < -0.39 is 0 Å². The summed E-state index contributed by atoms with van der Waals surface area (Å²) in [6.07, 6.45) is 6.82. The standard InChI is InChI=1S/C22H28N2O2/c1-16-8-9-17(14-21(16)26-2)15-22(25)24-20-12-10-19(11-13-20)23-18-6-4-3-5-7-18/h8-14,18,23H,3-7,15H2,1-2H3,(H,24,25). The molecule has 0 unspecified atom stereocenters. The van der Waals surface area contributed by atoms with Crippen molar-refractivity contribution in [2.24, 2.45) is 0 Å². The largest absolute Gasteiger partial charge is 0.496 e.